The van der Waals surface area contributed by atoms with Crippen LogP contribution in [-0.2, 0) is 9.53 Å². The van der Waals surface area contributed by atoms with Crippen molar-refractivity contribution in [3.8, 4) is 0 Å². The summed E-state index contributed by atoms with van der Waals surface area (Å²) in [6, 6.07) is 9.94. The summed E-state index contributed by atoms with van der Waals surface area (Å²) in [5, 5.41) is 2.02. The predicted molar refractivity (Wildman–Crippen MR) is 49.5 cm³/mol. The Labute approximate surface area is 77.7 Å². The van der Waals surface area contributed by atoms with Crippen LogP contribution >= 0.6 is 0 Å². The highest BCUT2D eigenvalue weighted by Gasteiger charge is 2.01. The molecule has 13 heavy (non-hydrogen) atoms. The normalized spacial score (nSPS) is 9.62. The van der Waals surface area contributed by atoms with Crippen molar-refractivity contribution in [2.24, 2.45) is 0 Å². The summed E-state index contributed by atoms with van der Waals surface area (Å²) in [7, 11) is 1.41. The minimum atomic E-state index is -0.160. The minimum Gasteiger partial charge on any atom is -0.469 e. The maximum atomic E-state index is 10.8. The number of esters is 1. The van der Waals surface area contributed by atoms with Crippen LogP contribution in [0.4, 0.5) is 5.69 Å². The van der Waals surface area contributed by atoms with E-state index < -0.39 is 0 Å². The van der Waals surface area contributed by atoms with Gasteiger partial charge in [0.25, 0.3) is 0 Å². The number of carbonyl (C=O) groups is 1. The van der Waals surface area contributed by atoms with Gasteiger partial charge < -0.3 is 10.1 Å². The molecule has 0 saturated carbocycles. The number of quaternary nitrogens is 1. The van der Waals surface area contributed by atoms with E-state index in [0.29, 0.717) is 6.42 Å². The highest BCUT2D eigenvalue weighted by molar-refractivity contribution is 5.69. The van der Waals surface area contributed by atoms with E-state index in [4.69, 9.17) is 0 Å². The molecule has 0 saturated heterocycles. The highest BCUT2D eigenvalue weighted by Crippen LogP contribution is 1.95. The summed E-state index contributed by atoms with van der Waals surface area (Å²) in [5.74, 6) is -0.160. The first-order valence-electron chi connectivity index (χ1n) is 4.28. The first-order valence-corrected chi connectivity index (χ1v) is 4.28. The zero-order chi connectivity index (χ0) is 9.52. The molecule has 0 aliphatic heterocycles. The van der Waals surface area contributed by atoms with E-state index >= 15 is 0 Å². The Balaban J connectivity index is 2.24. The average molecular weight is 180 g/mol. The quantitative estimate of drug-likeness (QED) is 0.540. The van der Waals surface area contributed by atoms with Gasteiger partial charge in [0.1, 0.15) is 5.69 Å². The Hall–Kier alpha value is -1.35. The van der Waals surface area contributed by atoms with Crippen LogP contribution in [0.25, 0.3) is 0 Å². The third-order valence-corrected chi connectivity index (χ3v) is 1.76. The first-order chi connectivity index (χ1) is 6.33. The number of benzene rings is 1. The molecule has 70 valence electrons. The molecule has 1 rings (SSSR count). The van der Waals surface area contributed by atoms with E-state index in [1.165, 1.54) is 7.11 Å². The second-order valence-electron chi connectivity index (χ2n) is 2.73. The molecule has 0 amide bonds. The van der Waals surface area contributed by atoms with Gasteiger partial charge in [-0.25, -0.2) is 0 Å². The molecule has 3 nitrogen and oxygen atoms in total. The molecule has 2 N–H and O–H groups in total. The highest BCUT2D eigenvalue weighted by atomic mass is 16.5. The second-order valence-corrected chi connectivity index (χ2v) is 2.73. The van der Waals surface area contributed by atoms with E-state index in [1.54, 1.807) is 0 Å². The smallest absolute Gasteiger partial charge is 0.311 e. The second kappa shape index (κ2) is 5.32. The Kier molecular flexibility index (Phi) is 3.99. The van der Waals surface area contributed by atoms with Crippen LogP contribution < -0.4 is 5.32 Å². The number of nitrogens with two attached hydrogens (primary N) is 1. The van der Waals surface area contributed by atoms with Gasteiger partial charge in [-0.1, -0.05) is 18.2 Å². The van der Waals surface area contributed by atoms with Crippen LogP contribution in [0.5, 0.6) is 0 Å². The maximum Gasteiger partial charge on any atom is 0.311 e. The van der Waals surface area contributed by atoms with Gasteiger partial charge in [-0.15, -0.1) is 0 Å². The van der Waals surface area contributed by atoms with E-state index in [-0.39, 0.29) is 5.97 Å². The lowest BCUT2D eigenvalue weighted by Gasteiger charge is -1.99. The molecule has 0 aliphatic carbocycles. The summed E-state index contributed by atoms with van der Waals surface area (Å²) >= 11 is 0. The summed E-state index contributed by atoms with van der Waals surface area (Å²) in [4.78, 5) is 10.8. The molecule has 3 heteroatoms. The molecule has 0 heterocycles. The Morgan fingerprint density at radius 3 is 2.69 bits per heavy atom. The van der Waals surface area contributed by atoms with Gasteiger partial charge in [-0.2, -0.15) is 0 Å². The van der Waals surface area contributed by atoms with Crippen molar-refractivity contribution in [2.75, 3.05) is 13.7 Å². The summed E-state index contributed by atoms with van der Waals surface area (Å²) in [6.07, 6.45) is 0.450. The van der Waals surface area contributed by atoms with Crippen LogP contribution in [0.15, 0.2) is 30.3 Å². The molecular formula is C10H14NO2+. The van der Waals surface area contributed by atoms with Gasteiger partial charge >= 0.3 is 5.97 Å². The van der Waals surface area contributed by atoms with Crippen molar-refractivity contribution >= 4 is 11.7 Å². The third-order valence-electron chi connectivity index (χ3n) is 1.76. The lowest BCUT2D eigenvalue weighted by atomic mass is 10.3. The SMILES string of the molecule is COC(=O)CC[NH2+]c1ccccc1. The van der Waals surface area contributed by atoms with E-state index in [1.807, 2.05) is 35.6 Å². The average Bonchev–Trinajstić information content (AvgIpc) is 2.19. The lowest BCUT2D eigenvalue weighted by molar-refractivity contribution is -0.570. The number of hydrogen-bond acceptors (Lipinski definition) is 2. The Bertz CT molecular complexity index is 259. The van der Waals surface area contributed by atoms with E-state index in [9.17, 15) is 4.79 Å². The summed E-state index contributed by atoms with van der Waals surface area (Å²) in [6.45, 7) is 0.733. The molecule has 0 bridgehead atoms. The van der Waals surface area contributed by atoms with Crippen LogP contribution in [0.3, 0.4) is 0 Å². The standard InChI is InChI=1S/C10H13NO2/c1-13-10(12)7-8-11-9-5-3-2-4-6-9/h2-6,11H,7-8H2,1H3/p+1. The summed E-state index contributed by atoms with van der Waals surface area (Å²) in [5.41, 5.74) is 1.14. The fourth-order valence-corrected chi connectivity index (χ4v) is 1.05. The van der Waals surface area contributed by atoms with Crippen molar-refractivity contribution in [3.05, 3.63) is 30.3 Å². The largest absolute Gasteiger partial charge is 0.469 e. The molecule has 0 atom stereocenters. The molecule has 0 spiro atoms. The van der Waals surface area contributed by atoms with Crippen LogP contribution in [0, 0.1) is 0 Å². The summed E-state index contributed by atoms with van der Waals surface area (Å²) < 4.78 is 4.53. The van der Waals surface area contributed by atoms with E-state index in [2.05, 4.69) is 4.74 Å². The van der Waals surface area contributed by atoms with Crippen LogP contribution in [0.2, 0.25) is 0 Å². The lowest BCUT2D eigenvalue weighted by Crippen LogP contribution is -2.78. The van der Waals surface area contributed by atoms with Gasteiger partial charge in [0, 0.05) is 0 Å². The number of rotatable bonds is 4. The molecule has 0 unspecified atom stereocenters. The number of hydrogen-bond donors (Lipinski definition) is 1. The van der Waals surface area contributed by atoms with Crippen molar-refractivity contribution in [1.82, 2.24) is 0 Å². The molecule has 0 aromatic heterocycles. The maximum absolute atomic E-state index is 10.8. The van der Waals surface area contributed by atoms with Crippen molar-refractivity contribution in [3.63, 3.8) is 0 Å². The van der Waals surface area contributed by atoms with E-state index in [0.717, 1.165) is 12.2 Å². The van der Waals surface area contributed by atoms with Crippen molar-refractivity contribution < 1.29 is 14.8 Å². The van der Waals surface area contributed by atoms with Gasteiger partial charge in [-0.3, -0.25) is 4.79 Å². The molecule has 1 aromatic rings. The molecule has 0 fully saturated rings. The van der Waals surface area contributed by atoms with Crippen molar-refractivity contribution in [1.29, 1.82) is 0 Å². The molecular weight excluding hydrogens is 166 g/mol. The zero-order valence-electron chi connectivity index (χ0n) is 7.69. The zero-order valence-corrected chi connectivity index (χ0v) is 7.69. The molecule has 1 aromatic carbocycles. The number of methoxy groups -OCH3 is 1. The minimum absolute atomic E-state index is 0.160. The number of ether oxygens (including phenoxy) is 1. The molecule has 0 aliphatic rings. The Morgan fingerprint density at radius 1 is 1.38 bits per heavy atom. The van der Waals surface area contributed by atoms with Gasteiger partial charge in [0.2, 0.25) is 0 Å². The molecule has 0 radical (unpaired) electrons. The monoisotopic (exact) mass is 180 g/mol. The number of carbonyl (C=O) groups excluding carboxylic acids is 1. The van der Waals surface area contributed by atoms with Gasteiger partial charge in [-0.05, 0) is 12.1 Å². The Morgan fingerprint density at radius 2 is 2.08 bits per heavy atom. The van der Waals surface area contributed by atoms with Crippen LogP contribution in [-0.4, -0.2) is 19.6 Å². The van der Waals surface area contributed by atoms with Crippen molar-refractivity contribution in [2.45, 2.75) is 6.42 Å². The fourth-order valence-electron chi connectivity index (χ4n) is 1.05. The van der Waals surface area contributed by atoms with Gasteiger partial charge in [0.15, 0.2) is 0 Å². The van der Waals surface area contributed by atoms with Crippen LogP contribution in [0.1, 0.15) is 6.42 Å². The van der Waals surface area contributed by atoms with Gasteiger partial charge in [0.05, 0.1) is 20.1 Å². The topological polar surface area (TPSA) is 42.9 Å². The number of para-hydroxylation sites is 1. The first kappa shape index (κ1) is 9.74. The fraction of sp³-hybridized carbons (Fsp3) is 0.300. The predicted octanol–water partition coefficient (Wildman–Crippen LogP) is 0.445. The third kappa shape index (κ3) is 3.71.